The predicted octanol–water partition coefficient (Wildman–Crippen LogP) is 1.60. The van der Waals surface area contributed by atoms with Crippen LogP contribution in [0.2, 0.25) is 0 Å². The van der Waals surface area contributed by atoms with Crippen molar-refractivity contribution < 1.29 is 10.0 Å². The van der Waals surface area contributed by atoms with Crippen molar-refractivity contribution in [1.82, 2.24) is 0 Å². The van der Waals surface area contributed by atoms with Gasteiger partial charge in [0.25, 0.3) is 6.04 Å². The van der Waals surface area contributed by atoms with Gasteiger partial charge in [-0.3, -0.25) is 10.1 Å². The molecule has 1 fully saturated rings. The van der Waals surface area contributed by atoms with Crippen LogP contribution in [0.4, 0.5) is 0 Å². The van der Waals surface area contributed by atoms with Crippen LogP contribution < -0.4 is 0 Å². The molecule has 0 amide bonds. The van der Waals surface area contributed by atoms with Gasteiger partial charge < -0.3 is 5.11 Å². The van der Waals surface area contributed by atoms with Gasteiger partial charge in [0.1, 0.15) is 9.42 Å². The van der Waals surface area contributed by atoms with Gasteiger partial charge in [-0.2, -0.15) is 0 Å². The smallest absolute Gasteiger partial charge is 0.261 e. The number of rotatable bonds is 4. The summed E-state index contributed by atoms with van der Waals surface area (Å²) in [6.45, 7) is 0. The van der Waals surface area contributed by atoms with Crippen molar-refractivity contribution in [2.75, 3.05) is 11.5 Å². The largest absolute Gasteiger partial charge is 0.383 e. The number of aliphatic hydroxyl groups is 1. The number of nitro groups is 1. The Morgan fingerprint density at radius 1 is 1.43 bits per heavy atom. The first-order valence-corrected chi connectivity index (χ1v) is 6.84. The second-order valence-electron chi connectivity index (χ2n) is 2.71. The highest BCUT2D eigenvalue weighted by Crippen LogP contribution is 2.37. The van der Waals surface area contributed by atoms with Gasteiger partial charge in [0, 0.05) is 16.4 Å². The summed E-state index contributed by atoms with van der Waals surface area (Å²) < 4.78 is -0.250. The summed E-state index contributed by atoms with van der Waals surface area (Å²) in [4.78, 5) is 9.11. The summed E-state index contributed by atoms with van der Waals surface area (Å²) >= 11 is 13.8. The molecule has 1 heterocycles. The summed E-state index contributed by atoms with van der Waals surface area (Å²) in [6.07, 6.45) is -1.31. The molecule has 0 aromatic rings. The van der Waals surface area contributed by atoms with Crippen LogP contribution in [-0.2, 0) is 0 Å². The lowest BCUT2D eigenvalue weighted by Gasteiger charge is -2.20. The third-order valence-corrected chi connectivity index (χ3v) is 5.46. The summed E-state index contributed by atoms with van der Waals surface area (Å²) in [5.74, 6) is 1.73. The van der Waals surface area contributed by atoms with Crippen molar-refractivity contribution >= 4 is 46.7 Å². The Morgan fingerprint density at radius 2 is 1.93 bits per heavy atom. The van der Waals surface area contributed by atoms with E-state index in [0.717, 1.165) is 11.5 Å². The molecule has 1 N–H and O–H groups in total. The molecule has 14 heavy (non-hydrogen) atoms. The minimum atomic E-state index is -1.31. The molecule has 1 saturated heterocycles. The van der Waals surface area contributed by atoms with Crippen LogP contribution in [-0.4, -0.2) is 43.1 Å². The standard InChI is InChI=1S/C6H9Cl2NO3S2/c7-5(8)4(10)3(9(11)12)6-13-1-2-14-6/h3-6,10H,1-2H2. The van der Waals surface area contributed by atoms with Crippen LogP contribution >= 0.6 is 46.7 Å². The normalized spacial score (nSPS) is 22.6. The molecule has 1 rings (SSSR count). The van der Waals surface area contributed by atoms with Crippen LogP contribution in [0.5, 0.6) is 0 Å². The third kappa shape index (κ3) is 3.06. The van der Waals surface area contributed by atoms with E-state index in [4.69, 9.17) is 23.2 Å². The maximum Gasteiger partial charge on any atom is 0.261 e. The molecule has 2 unspecified atom stereocenters. The molecule has 0 aromatic heterocycles. The first-order chi connectivity index (χ1) is 6.54. The lowest BCUT2D eigenvalue weighted by molar-refractivity contribution is -0.529. The highest BCUT2D eigenvalue weighted by molar-refractivity contribution is 8.20. The number of halogens is 2. The fourth-order valence-corrected chi connectivity index (χ4v) is 4.52. The molecule has 1 aliphatic rings. The van der Waals surface area contributed by atoms with Crippen LogP contribution in [0.25, 0.3) is 0 Å². The van der Waals surface area contributed by atoms with Gasteiger partial charge in [-0.15, -0.1) is 46.7 Å². The third-order valence-electron chi connectivity index (χ3n) is 1.78. The van der Waals surface area contributed by atoms with E-state index in [0.29, 0.717) is 0 Å². The molecule has 1 aliphatic heterocycles. The van der Waals surface area contributed by atoms with Gasteiger partial charge in [0.05, 0.1) is 0 Å². The zero-order valence-electron chi connectivity index (χ0n) is 7.01. The number of alkyl halides is 2. The maximum atomic E-state index is 10.7. The lowest BCUT2D eigenvalue weighted by Crippen LogP contribution is -2.43. The summed E-state index contributed by atoms with van der Waals surface area (Å²) in [6, 6.07) is -1.09. The van der Waals surface area contributed by atoms with E-state index in [9.17, 15) is 15.2 Å². The number of thioether (sulfide) groups is 2. The average molecular weight is 278 g/mol. The van der Waals surface area contributed by atoms with E-state index in [1.165, 1.54) is 23.5 Å². The minimum absolute atomic E-state index is 0.250. The van der Waals surface area contributed by atoms with E-state index in [1.54, 1.807) is 0 Å². The number of aliphatic hydroxyl groups excluding tert-OH is 1. The van der Waals surface area contributed by atoms with E-state index in [-0.39, 0.29) is 4.58 Å². The second kappa shape index (κ2) is 5.65. The summed E-state index contributed by atoms with van der Waals surface area (Å²) in [5, 5.41) is 20.2. The van der Waals surface area contributed by atoms with E-state index in [2.05, 4.69) is 0 Å². The molecular formula is C6H9Cl2NO3S2. The zero-order valence-corrected chi connectivity index (χ0v) is 10.2. The van der Waals surface area contributed by atoms with E-state index in [1.807, 2.05) is 0 Å². The average Bonchev–Trinajstić information content (AvgIpc) is 2.56. The Balaban J connectivity index is 2.67. The number of nitrogens with zero attached hydrogens (tertiary/aromatic N) is 1. The number of hydrogen-bond donors (Lipinski definition) is 1. The molecule has 4 nitrogen and oxygen atoms in total. The Labute approximate surface area is 99.9 Å². The minimum Gasteiger partial charge on any atom is -0.383 e. The monoisotopic (exact) mass is 277 g/mol. The van der Waals surface area contributed by atoms with Gasteiger partial charge in [0.15, 0.2) is 6.10 Å². The van der Waals surface area contributed by atoms with Gasteiger partial charge >= 0.3 is 0 Å². The maximum absolute atomic E-state index is 10.7. The van der Waals surface area contributed by atoms with Crippen molar-refractivity contribution in [3.8, 4) is 0 Å². The van der Waals surface area contributed by atoms with Gasteiger partial charge in [0.2, 0.25) is 0 Å². The zero-order chi connectivity index (χ0) is 10.7. The lowest BCUT2D eigenvalue weighted by atomic mass is 10.2. The first kappa shape index (κ1) is 12.7. The van der Waals surface area contributed by atoms with Gasteiger partial charge in [-0.25, -0.2) is 0 Å². The molecule has 0 saturated carbocycles. The molecule has 2 atom stereocenters. The predicted molar refractivity (Wildman–Crippen MR) is 61.0 cm³/mol. The van der Waals surface area contributed by atoms with Crippen molar-refractivity contribution in [3.05, 3.63) is 10.1 Å². The van der Waals surface area contributed by atoms with Gasteiger partial charge in [-0.1, -0.05) is 0 Å². The van der Waals surface area contributed by atoms with E-state index >= 15 is 0 Å². The quantitative estimate of drug-likeness (QED) is 0.481. The fourth-order valence-electron chi connectivity index (χ4n) is 1.11. The molecule has 0 spiro atoms. The van der Waals surface area contributed by atoms with Crippen molar-refractivity contribution in [1.29, 1.82) is 0 Å². The van der Waals surface area contributed by atoms with Crippen molar-refractivity contribution in [2.45, 2.75) is 21.6 Å². The highest BCUT2D eigenvalue weighted by Gasteiger charge is 2.43. The molecule has 0 aromatic carbocycles. The van der Waals surface area contributed by atoms with Crippen molar-refractivity contribution in [2.24, 2.45) is 0 Å². The Morgan fingerprint density at radius 3 is 2.29 bits per heavy atom. The molecular weight excluding hydrogens is 269 g/mol. The SMILES string of the molecule is O=[N+]([O-])C(C1SCCS1)C(O)C(Cl)Cl. The Bertz CT molecular complexity index is 211. The van der Waals surface area contributed by atoms with E-state index < -0.39 is 21.9 Å². The van der Waals surface area contributed by atoms with Crippen LogP contribution in [0.3, 0.4) is 0 Å². The number of hydrogen-bond acceptors (Lipinski definition) is 5. The molecule has 82 valence electrons. The fraction of sp³-hybridized carbons (Fsp3) is 1.00. The topological polar surface area (TPSA) is 63.4 Å². The van der Waals surface area contributed by atoms with Gasteiger partial charge in [-0.05, 0) is 0 Å². The Hall–Kier alpha value is 0.640. The van der Waals surface area contributed by atoms with Crippen LogP contribution in [0.15, 0.2) is 0 Å². The Kier molecular flexibility index (Phi) is 5.13. The van der Waals surface area contributed by atoms with Crippen molar-refractivity contribution in [3.63, 3.8) is 0 Å². The second-order valence-corrected chi connectivity index (χ2v) is 6.67. The molecule has 0 bridgehead atoms. The van der Waals surface area contributed by atoms with Crippen LogP contribution in [0, 0.1) is 10.1 Å². The summed E-state index contributed by atoms with van der Waals surface area (Å²) in [7, 11) is 0. The highest BCUT2D eigenvalue weighted by atomic mass is 35.5. The van der Waals surface area contributed by atoms with Crippen LogP contribution in [0.1, 0.15) is 0 Å². The first-order valence-electron chi connectivity index (χ1n) is 3.87. The summed E-state index contributed by atoms with van der Waals surface area (Å²) in [5.41, 5.74) is 0. The molecule has 8 heteroatoms. The molecule has 0 aliphatic carbocycles. The molecule has 0 radical (unpaired) electrons.